The molecule has 20 heavy (non-hydrogen) atoms. The second-order valence-electron chi connectivity index (χ2n) is 5.22. The lowest BCUT2D eigenvalue weighted by Gasteiger charge is -2.17. The molecule has 0 radical (unpaired) electrons. The van der Waals surface area contributed by atoms with Crippen molar-refractivity contribution in [2.24, 2.45) is 5.92 Å². The Morgan fingerprint density at radius 2 is 2.25 bits per heavy atom. The van der Waals surface area contributed by atoms with Crippen LogP contribution in [0.5, 0.6) is 0 Å². The number of aliphatic hydroxyl groups excluding tert-OH is 1. The Kier molecular flexibility index (Phi) is 4.29. The van der Waals surface area contributed by atoms with Crippen LogP contribution in [0, 0.1) is 12.8 Å². The summed E-state index contributed by atoms with van der Waals surface area (Å²) in [4.78, 5) is 20.2. The zero-order valence-corrected chi connectivity index (χ0v) is 11.9. The van der Waals surface area contributed by atoms with Crippen molar-refractivity contribution in [1.29, 1.82) is 0 Å². The number of hydrogen-bond donors (Lipinski definition) is 2. The highest BCUT2D eigenvalue weighted by molar-refractivity contribution is 5.91. The lowest BCUT2D eigenvalue weighted by Crippen LogP contribution is -2.38. The van der Waals surface area contributed by atoms with Crippen molar-refractivity contribution in [3.05, 3.63) is 23.8 Å². The maximum Gasteiger partial charge on any atom is 0.291 e. The van der Waals surface area contributed by atoms with Crippen LogP contribution in [-0.4, -0.2) is 43.2 Å². The topological polar surface area (TPSA) is 92.4 Å². The molecule has 0 aliphatic carbocycles. The van der Waals surface area contributed by atoms with Gasteiger partial charge in [0.1, 0.15) is 0 Å². The van der Waals surface area contributed by atoms with Crippen molar-refractivity contribution >= 4 is 11.7 Å². The van der Waals surface area contributed by atoms with Crippen molar-refractivity contribution in [3.8, 4) is 0 Å². The monoisotopic (exact) mass is 277 g/mol. The van der Waals surface area contributed by atoms with Crippen LogP contribution < -0.4 is 5.32 Å². The maximum absolute atomic E-state index is 12.1. The van der Waals surface area contributed by atoms with Crippen LogP contribution in [0.4, 0.5) is 0 Å². The molecule has 0 aliphatic rings. The first-order chi connectivity index (χ1) is 9.51. The van der Waals surface area contributed by atoms with Gasteiger partial charge in [0.15, 0.2) is 0 Å². The van der Waals surface area contributed by atoms with E-state index in [-0.39, 0.29) is 18.5 Å². The van der Waals surface area contributed by atoms with Crippen LogP contribution >= 0.6 is 0 Å². The molecule has 1 atom stereocenters. The van der Waals surface area contributed by atoms with Gasteiger partial charge in [-0.05, 0) is 25.3 Å². The number of nitrogens with one attached hydrogen (secondary N) is 1. The standard InChI is InChI=1S/C13H19N5O2/c1-8(2)6-10(7-19)15-12(20)11-16-13-14-5-4-9(3)18(13)17-11/h4-5,8,10,19H,6-7H2,1-3H3,(H,15,20). The first-order valence-electron chi connectivity index (χ1n) is 6.61. The van der Waals surface area contributed by atoms with Crippen molar-refractivity contribution in [3.63, 3.8) is 0 Å². The van der Waals surface area contributed by atoms with Crippen LogP contribution in [0.1, 0.15) is 36.6 Å². The quantitative estimate of drug-likeness (QED) is 0.833. The second-order valence-corrected chi connectivity index (χ2v) is 5.22. The van der Waals surface area contributed by atoms with Gasteiger partial charge in [-0.1, -0.05) is 13.8 Å². The average Bonchev–Trinajstić information content (AvgIpc) is 2.83. The molecule has 2 N–H and O–H groups in total. The van der Waals surface area contributed by atoms with Gasteiger partial charge in [0, 0.05) is 11.9 Å². The van der Waals surface area contributed by atoms with E-state index in [1.807, 2.05) is 20.8 Å². The molecule has 7 heteroatoms. The molecule has 1 unspecified atom stereocenters. The molecule has 7 nitrogen and oxygen atoms in total. The van der Waals surface area contributed by atoms with Gasteiger partial charge in [0.2, 0.25) is 5.82 Å². The molecule has 0 saturated carbocycles. The molecular weight excluding hydrogens is 258 g/mol. The van der Waals surface area contributed by atoms with Crippen LogP contribution in [-0.2, 0) is 0 Å². The highest BCUT2D eigenvalue weighted by atomic mass is 16.3. The lowest BCUT2D eigenvalue weighted by molar-refractivity contribution is 0.0898. The van der Waals surface area contributed by atoms with E-state index in [2.05, 4.69) is 20.4 Å². The van der Waals surface area contributed by atoms with Gasteiger partial charge in [-0.25, -0.2) is 9.50 Å². The molecule has 0 saturated heterocycles. The fraction of sp³-hybridized carbons (Fsp3) is 0.538. The fourth-order valence-electron chi connectivity index (χ4n) is 2.00. The van der Waals surface area contributed by atoms with E-state index < -0.39 is 5.91 Å². The first kappa shape index (κ1) is 14.4. The summed E-state index contributed by atoms with van der Waals surface area (Å²) < 4.78 is 1.52. The molecular formula is C13H19N5O2. The summed E-state index contributed by atoms with van der Waals surface area (Å²) in [6.07, 6.45) is 2.32. The van der Waals surface area contributed by atoms with E-state index in [1.54, 1.807) is 12.3 Å². The molecule has 2 heterocycles. The maximum atomic E-state index is 12.1. The normalized spacial score (nSPS) is 12.8. The molecule has 0 aliphatic heterocycles. The summed E-state index contributed by atoms with van der Waals surface area (Å²) in [5.41, 5.74) is 0.849. The number of fused-ring (bicyclic) bond motifs is 1. The van der Waals surface area contributed by atoms with E-state index in [4.69, 9.17) is 0 Å². The number of hydrogen-bond acceptors (Lipinski definition) is 5. The Bertz CT molecular complexity index is 608. The second kappa shape index (κ2) is 5.96. The number of aliphatic hydroxyl groups is 1. The minimum absolute atomic E-state index is 0.0639. The van der Waals surface area contributed by atoms with Gasteiger partial charge in [-0.2, -0.15) is 4.98 Å². The number of carbonyl (C=O) groups excluding carboxylic acids is 1. The van der Waals surface area contributed by atoms with Gasteiger partial charge in [-0.15, -0.1) is 5.10 Å². The summed E-state index contributed by atoms with van der Waals surface area (Å²) in [6, 6.07) is 1.50. The molecule has 2 aromatic heterocycles. The Morgan fingerprint density at radius 1 is 1.50 bits per heavy atom. The fourth-order valence-corrected chi connectivity index (χ4v) is 2.00. The van der Waals surface area contributed by atoms with E-state index in [1.165, 1.54) is 4.52 Å². The van der Waals surface area contributed by atoms with Crippen molar-refractivity contribution < 1.29 is 9.90 Å². The third-order valence-electron chi connectivity index (χ3n) is 2.94. The van der Waals surface area contributed by atoms with Crippen LogP contribution in [0.25, 0.3) is 5.78 Å². The summed E-state index contributed by atoms with van der Waals surface area (Å²) in [5, 5.41) is 16.1. The Hall–Kier alpha value is -2.02. The van der Waals surface area contributed by atoms with Crippen molar-refractivity contribution in [2.75, 3.05) is 6.61 Å². The van der Waals surface area contributed by atoms with Gasteiger partial charge in [-0.3, -0.25) is 4.79 Å². The van der Waals surface area contributed by atoms with Gasteiger partial charge in [0.25, 0.3) is 11.7 Å². The van der Waals surface area contributed by atoms with Crippen LogP contribution in [0.15, 0.2) is 12.3 Å². The predicted molar refractivity (Wildman–Crippen MR) is 73.3 cm³/mol. The molecule has 2 aromatic rings. The number of nitrogens with zero attached hydrogens (tertiary/aromatic N) is 4. The van der Waals surface area contributed by atoms with Crippen molar-refractivity contribution in [1.82, 2.24) is 24.9 Å². The number of rotatable bonds is 5. The summed E-state index contributed by atoms with van der Waals surface area (Å²) in [6.45, 7) is 5.82. The minimum Gasteiger partial charge on any atom is -0.394 e. The number of aryl methyl sites for hydroxylation is 1. The highest BCUT2D eigenvalue weighted by Crippen LogP contribution is 2.06. The SMILES string of the molecule is Cc1ccnc2nc(C(=O)NC(CO)CC(C)C)nn12. The Balaban J connectivity index is 2.16. The molecule has 0 spiro atoms. The number of carbonyl (C=O) groups is 1. The largest absolute Gasteiger partial charge is 0.394 e. The van der Waals surface area contributed by atoms with Crippen molar-refractivity contribution in [2.45, 2.75) is 33.2 Å². The molecule has 0 fully saturated rings. The Morgan fingerprint density at radius 3 is 2.85 bits per heavy atom. The molecule has 2 rings (SSSR count). The van der Waals surface area contributed by atoms with E-state index in [9.17, 15) is 9.90 Å². The third-order valence-corrected chi connectivity index (χ3v) is 2.94. The zero-order chi connectivity index (χ0) is 14.7. The van der Waals surface area contributed by atoms with E-state index in [0.717, 1.165) is 5.69 Å². The van der Waals surface area contributed by atoms with E-state index >= 15 is 0 Å². The van der Waals surface area contributed by atoms with E-state index in [0.29, 0.717) is 18.1 Å². The predicted octanol–water partition coefficient (Wildman–Crippen LogP) is 0.570. The van der Waals surface area contributed by atoms with Gasteiger partial charge >= 0.3 is 0 Å². The van der Waals surface area contributed by atoms with Crippen LogP contribution in [0.2, 0.25) is 0 Å². The Labute approximate surface area is 117 Å². The summed E-state index contributed by atoms with van der Waals surface area (Å²) in [5.74, 6) is 0.438. The smallest absolute Gasteiger partial charge is 0.291 e. The highest BCUT2D eigenvalue weighted by Gasteiger charge is 2.18. The lowest BCUT2D eigenvalue weighted by atomic mass is 10.0. The summed E-state index contributed by atoms with van der Waals surface area (Å²) in [7, 11) is 0. The third kappa shape index (κ3) is 3.11. The molecule has 0 aromatic carbocycles. The van der Waals surface area contributed by atoms with Gasteiger partial charge in [0.05, 0.1) is 12.6 Å². The molecule has 1 amide bonds. The zero-order valence-electron chi connectivity index (χ0n) is 11.9. The number of aromatic nitrogens is 4. The molecule has 0 bridgehead atoms. The average molecular weight is 277 g/mol. The first-order valence-corrected chi connectivity index (χ1v) is 6.61. The minimum atomic E-state index is -0.394. The van der Waals surface area contributed by atoms with Crippen LogP contribution in [0.3, 0.4) is 0 Å². The van der Waals surface area contributed by atoms with Gasteiger partial charge < -0.3 is 10.4 Å². The summed E-state index contributed by atoms with van der Waals surface area (Å²) >= 11 is 0. The number of amides is 1. The molecule has 108 valence electrons.